The Hall–Kier alpha value is -1.20. The molecule has 0 spiro atoms. The lowest BCUT2D eigenvalue weighted by molar-refractivity contribution is 0.133. The summed E-state index contributed by atoms with van der Waals surface area (Å²) in [6.45, 7) is 6.70. The van der Waals surface area contributed by atoms with E-state index in [0.717, 1.165) is 40.8 Å². The predicted molar refractivity (Wildman–Crippen MR) is 86.0 cm³/mol. The van der Waals surface area contributed by atoms with E-state index in [1.165, 1.54) is 0 Å². The standard InChI is InChI=1S/C15H20BrN3O/c1-11(2)4-7-20-8-6-18-13-3-5-17-14-9-12(16)10-19-15(13)14/h3,5,9-11H,4,6-8H2,1-2H3,(H,17,18). The van der Waals surface area contributed by atoms with Crippen molar-refractivity contribution in [1.29, 1.82) is 0 Å². The smallest absolute Gasteiger partial charge is 0.112 e. The molecule has 0 aromatic carbocycles. The molecule has 2 aromatic rings. The van der Waals surface area contributed by atoms with Crippen LogP contribution in [0.1, 0.15) is 20.3 Å². The summed E-state index contributed by atoms with van der Waals surface area (Å²) >= 11 is 3.41. The summed E-state index contributed by atoms with van der Waals surface area (Å²) < 4.78 is 6.53. The largest absolute Gasteiger partial charge is 0.381 e. The molecule has 0 saturated carbocycles. The number of rotatable bonds is 7. The second kappa shape index (κ2) is 7.55. The predicted octanol–water partition coefficient (Wildman–Crippen LogP) is 3.87. The molecule has 1 N–H and O–H groups in total. The zero-order chi connectivity index (χ0) is 14.4. The SMILES string of the molecule is CC(C)CCOCCNc1ccnc2cc(Br)cnc12. The van der Waals surface area contributed by atoms with Crippen LogP contribution >= 0.6 is 15.9 Å². The molecule has 0 aliphatic rings. The first-order chi connectivity index (χ1) is 9.66. The lowest BCUT2D eigenvalue weighted by atomic mass is 10.1. The highest BCUT2D eigenvalue weighted by Crippen LogP contribution is 2.21. The van der Waals surface area contributed by atoms with Gasteiger partial charge in [-0.05, 0) is 40.4 Å². The van der Waals surface area contributed by atoms with Crippen LogP contribution in [0, 0.1) is 5.92 Å². The zero-order valence-corrected chi connectivity index (χ0v) is 13.5. The minimum absolute atomic E-state index is 0.690. The van der Waals surface area contributed by atoms with Crippen LogP contribution in [-0.2, 0) is 4.74 Å². The maximum atomic E-state index is 5.59. The molecule has 0 saturated heterocycles. The van der Waals surface area contributed by atoms with Crippen LogP contribution in [0.2, 0.25) is 0 Å². The van der Waals surface area contributed by atoms with Crippen molar-refractivity contribution in [2.75, 3.05) is 25.1 Å². The Morgan fingerprint density at radius 2 is 2.15 bits per heavy atom. The van der Waals surface area contributed by atoms with Gasteiger partial charge in [0.25, 0.3) is 0 Å². The molecule has 0 fully saturated rings. The van der Waals surface area contributed by atoms with Crippen LogP contribution in [0.15, 0.2) is 29.0 Å². The monoisotopic (exact) mass is 337 g/mol. The van der Waals surface area contributed by atoms with E-state index in [-0.39, 0.29) is 0 Å². The van der Waals surface area contributed by atoms with Gasteiger partial charge in [-0.25, -0.2) is 0 Å². The third kappa shape index (κ3) is 4.42. The molecule has 0 aliphatic carbocycles. The Kier molecular flexibility index (Phi) is 5.73. The van der Waals surface area contributed by atoms with Crippen LogP contribution < -0.4 is 5.32 Å². The van der Waals surface area contributed by atoms with Gasteiger partial charge in [0.1, 0.15) is 5.52 Å². The molecule has 0 radical (unpaired) electrons. The third-order valence-electron chi connectivity index (χ3n) is 2.95. The van der Waals surface area contributed by atoms with E-state index < -0.39 is 0 Å². The molecule has 2 aromatic heterocycles. The normalized spacial score (nSPS) is 11.2. The van der Waals surface area contributed by atoms with Gasteiger partial charge in [0.05, 0.1) is 17.8 Å². The van der Waals surface area contributed by atoms with Crippen molar-refractivity contribution < 1.29 is 4.74 Å². The number of nitrogens with one attached hydrogen (secondary N) is 1. The van der Waals surface area contributed by atoms with E-state index in [0.29, 0.717) is 12.5 Å². The summed E-state index contributed by atoms with van der Waals surface area (Å²) in [4.78, 5) is 8.72. The van der Waals surface area contributed by atoms with Gasteiger partial charge >= 0.3 is 0 Å². The maximum absolute atomic E-state index is 5.59. The molecule has 0 aliphatic heterocycles. The van der Waals surface area contributed by atoms with Gasteiger partial charge in [-0.2, -0.15) is 0 Å². The van der Waals surface area contributed by atoms with Crippen LogP contribution in [0.5, 0.6) is 0 Å². The third-order valence-corrected chi connectivity index (χ3v) is 3.38. The number of aromatic nitrogens is 2. The van der Waals surface area contributed by atoms with E-state index in [4.69, 9.17) is 4.74 Å². The van der Waals surface area contributed by atoms with Crippen LogP contribution in [0.3, 0.4) is 0 Å². The fraction of sp³-hybridized carbons (Fsp3) is 0.467. The molecule has 5 heteroatoms. The summed E-state index contributed by atoms with van der Waals surface area (Å²) in [5.41, 5.74) is 2.76. The van der Waals surface area contributed by atoms with Gasteiger partial charge in [-0.1, -0.05) is 13.8 Å². The Balaban J connectivity index is 1.87. The van der Waals surface area contributed by atoms with Gasteiger partial charge in [0, 0.05) is 30.0 Å². The number of nitrogens with zero attached hydrogens (tertiary/aromatic N) is 2. The Morgan fingerprint density at radius 3 is 2.95 bits per heavy atom. The number of fused-ring (bicyclic) bond motifs is 1. The first kappa shape index (κ1) is 15.2. The molecule has 0 amide bonds. The molecule has 0 atom stereocenters. The Labute approximate surface area is 128 Å². The van der Waals surface area contributed by atoms with E-state index in [1.807, 2.05) is 12.1 Å². The summed E-state index contributed by atoms with van der Waals surface area (Å²) in [5.74, 6) is 0.690. The Morgan fingerprint density at radius 1 is 1.30 bits per heavy atom. The van der Waals surface area contributed by atoms with Crippen molar-refractivity contribution in [3.63, 3.8) is 0 Å². The molecular formula is C15H20BrN3O. The molecule has 20 heavy (non-hydrogen) atoms. The number of pyridine rings is 2. The molecule has 108 valence electrons. The molecule has 2 heterocycles. The molecular weight excluding hydrogens is 318 g/mol. The van der Waals surface area contributed by atoms with Crippen molar-refractivity contribution in [3.8, 4) is 0 Å². The average molecular weight is 338 g/mol. The van der Waals surface area contributed by atoms with Gasteiger partial charge in [-0.3, -0.25) is 9.97 Å². The first-order valence-corrected chi connectivity index (χ1v) is 7.68. The van der Waals surface area contributed by atoms with Crippen molar-refractivity contribution in [2.45, 2.75) is 20.3 Å². The number of hydrogen-bond donors (Lipinski definition) is 1. The number of anilines is 1. The van der Waals surface area contributed by atoms with Crippen LogP contribution in [0.4, 0.5) is 5.69 Å². The van der Waals surface area contributed by atoms with Crippen LogP contribution in [-0.4, -0.2) is 29.7 Å². The van der Waals surface area contributed by atoms with Crippen molar-refractivity contribution in [3.05, 3.63) is 29.0 Å². The average Bonchev–Trinajstić information content (AvgIpc) is 2.42. The topological polar surface area (TPSA) is 47.0 Å². The molecule has 0 bridgehead atoms. The summed E-state index contributed by atoms with van der Waals surface area (Å²) in [6.07, 6.45) is 4.68. The van der Waals surface area contributed by atoms with Crippen molar-refractivity contribution >= 4 is 32.7 Å². The maximum Gasteiger partial charge on any atom is 0.112 e. The lowest BCUT2D eigenvalue weighted by Crippen LogP contribution is -2.11. The van der Waals surface area contributed by atoms with E-state index in [1.54, 1.807) is 12.4 Å². The van der Waals surface area contributed by atoms with E-state index in [9.17, 15) is 0 Å². The van der Waals surface area contributed by atoms with E-state index >= 15 is 0 Å². The number of halogens is 1. The van der Waals surface area contributed by atoms with Gasteiger partial charge in [0.2, 0.25) is 0 Å². The summed E-state index contributed by atoms with van der Waals surface area (Å²) in [7, 11) is 0. The van der Waals surface area contributed by atoms with Gasteiger partial charge in [-0.15, -0.1) is 0 Å². The van der Waals surface area contributed by atoms with Crippen molar-refractivity contribution in [1.82, 2.24) is 9.97 Å². The lowest BCUT2D eigenvalue weighted by Gasteiger charge is -2.10. The highest BCUT2D eigenvalue weighted by Gasteiger charge is 2.03. The Bertz CT molecular complexity index is 560. The molecule has 2 rings (SSSR count). The summed E-state index contributed by atoms with van der Waals surface area (Å²) in [5, 5.41) is 3.35. The summed E-state index contributed by atoms with van der Waals surface area (Å²) in [6, 6.07) is 3.91. The van der Waals surface area contributed by atoms with Gasteiger partial charge in [0.15, 0.2) is 0 Å². The van der Waals surface area contributed by atoms with Gasteiger partial charge < -0.3 is 10.1 Å². The fourth-order valence-electron chi connectivity index (χ4n) is 1.83. The highest BCUT2D eigenvalue weighted by molar-refractivity contribution is 9.10. The first-order valence-electron chi connectivity index (χ1n) is 6.88. The quantitative estimate of drug-likeness (QED) is 0.779. The second-order valence-electron chi connectivity index (χ2n) is 5.10. The fourth-order valence-corrected chi connectivity index (χ4v) is 2.15. The minimum Gasteiger partial charge on any atom is -0.381 e. The number of ether oxygens (including phenoxy) is 1. The molecule has 4 nitrogen and oxygen atoms in total. The second-order valence-corrected chi connectivity index (χ2v) is 6.02. The van der Waals surface area contributed by atoms with Crippen LogP contribution in [0.25, 0.3) is 11.0 Å². The minimum atomic E-state index is 0.690. The zero-order valence-electron chi connectivity index (χ0n) is 11.9. The highest BCUT2D eigenvalue weighted by atomic mass is 79.9. The molecule has 0 unspecified atom stereocenters. The van der Waals surface area contributed by atoms with Crippen molar-refractivity contribution in [2.24, 2.45) is 5.92 Å². The number of hydrogen-bond acceptors (Lipinski definition) is 4. The van der Waals surface area contributed by atoms with E-state index in [2.05, 4.69) is 45.1 Å².